The zero-order chi connectivity index (χ0) is 14.5. The fraction of sp³-hybridized carbons (Fsp3) is 0.133. The molecule has 0 saturated heterocycles. The summed E-state index contributed by atoms with van der Waals surface area (Å²) in [5.41, 5.74) is 0.929. The maximum Gasteiger partial charge on any atom is 0.262 e. The Bertz CT molecular complexity index is 614. The van der Waals surface area contributed by atoms with Crippen molar-refractivity contribution >= 4 is 23.2 Å². The molecule has 1 N–H and O–H groups in total. The lowest BCUT2D eigenvalue weighted by Crippen LogP contribution is -2.20. The quantitative estimate of drug-likeness (QED) is 0.931. The first-order valence-corrected chi connectivity index (χ1v) is 6.37. The van der Waals surface area contributed by atoms with Crippen molar-refractivity contribution in [1.82, 2.24) is 0 Å². The van der Waals surface area contributed by atoms with Crippen molar-refractivity contribution in [3.63, 3.8) is 0 Å². The summed E-state index contributed by atoms with van der Waals surface area (Å²) in [6.07, 6.45) is 0. The molecule has 0 unspecified atom stereocenters. The molecule has 3 nitrogen and oxygen atoms in total. The van der Waals surface area contributed by atoms with Crippen LogP contribution in [0.25, 0.3) is 0 Å². The Hall–Kier alpha value is -2.07. The van der Waals surface area contributed by atoms with E-state index < -0.39 is 11.7 Å². The number of nitrogens with one attached hydrogen (secondary N) is 1. The Morgan fingerprint density at radius 2 is 1.95 bits per heavy atom. The van der Waals surface area contributed by atoms with E-state index in [0.717, 1.165) is 5.56 Å². The highest BCUT2D eigenvalue weighted by atomic mass is 35.5. The average Bonchev–Trinajstić information content (AvgIpc) is 2.41. The van der Waals surface area contributed by atoms with Gasteiger partial charge in [-0.2, -0.15) is 0 Å². The number of halogens is 2. The molecule has 0 aliphatic rings. The van der Waals surface area contributed by atoms with Gasteiger partial charge in [-0.3, -0.25) is 4.79 Å². The molecule has 0 fully saturated rings. The van der Waals surface area contributed by atoms with E-state index in [1.807, 2.05) is 0 Å². The van der Waals surface area contributed by atoms with Crippen LogP contribution < -0.4 is 10.1 Å². The first-order valence-electron chi connectivity index (χ1n) is 5.99. The number of hydrogen-bond acceptors (Lipinski definition) is 2. The summed E-state index contributed by atoms with van der Waals surface area (Å²) in [5.74, 6) is -0.374. The number of rotatable bonds is 4. The maximum atomic E-state index is 13.5. The molecule has 0 aromatic heterocycles. The van der Waals surface area contributed by atoms with Gasteiger partial charge in [-0.1, -0.05) is 17.7 Å². The summed E-state index contributed by atoms with van der Waals surface area (Å²) >= 11 is 5.74. The van der Waals surface area contributed by atoms with E-state index >= 15 is 0 Å². The molecule has 0 aliphatic heterocycles. The van der Waals surface area contributed by atoms with Gasteiger partial charge in [0.2, 0.25) is 0 Å². The average molecular weight is 294 g/mol. The monoisotopic (exact) mass is 293 g/mol. The first kappa shape index (κ1) is 14.3. The second-order valence-electron chi connectivity index (χ2n) is 4.27. The Kier molecular flexibility index (Phi) is 4.58. The number of aryl methyl sites for hydroxylation is 1. The van der Waals surface area contributed by atoms with Crippen LogP contribution in [0.5, 0.6) is 5.75 Å². The number of carbonyl (C=O) groups excluding carboxylic acids is 1. The van der Waals surface area contributed by atoms with E-state index in [9.17, 15) is 9.18 Å². The van der Waals surface area contributed by atoms with Crippen molar-refractivity contribution in [2.75, 3.05) is 11.9 Å². The molecule has 0 spiro atoms. The Balaban J connectivity index is 1.90. The highest BCUT2D eigenvalue weighted by Gasteiger charge is 2.07. The molecular formula is C15H13ClFNO2. The summed E-state index contributed by atoms with van der Waals surface area (Å²) in [6, 6.07) is 11.2. The molecule has 0 bridgehead atoms. The topological polar surface area (TPSA) is 38.3 Å². The van der Waals surface area contributed by atoms with Crippen LogP contribution in [0.4, 0.5) is 10.1 Å². The van der Waals surface area contributed by atoms with Crippen molar-refractivity contribution in [2.45, 2.75) is 6.92 Å². The fourth-order valence-electron chi connectivity index (χ4n) is 1.59. The zero-order valence-corrected chi connectivity index (χ0v) is 11.6. The standard InChI is InChI=1S/C15H13ClFNO2/c1-10-2-7-14(13(17)8-10)18-15(19)9-20-12-5-3-11(16)4-6-12/h2-8H,9H2,1H3,(H,18,19). The number of ether oxygens (including phenoxy) is 1. The molecule has 104 valence electrons. The first-order chi connectivity index (χ1) is 9.54. The van der Waals surface area contributed by atoms with E-state index in [-0.39, 0.29) is 12.3 Å². The minimum absolute atomic E-state index is 0.139. The second kappa shape index (κ2) is 6.39. The normalized spacial score (nSPS) is 10.2. The SMILES string of the molecule is Cc1ccc(NC(=O)COc2ccc(Cl)cc2)c(F)c1. The van der Waals surface area contributed by atoms with Crippen molar-refractivity contribution in [3.8, 4) is 5.75 Å². The molecular weight excluding hydrogens is 281 g/mol. The third kappa shape index (κ3) is 3.96. The second-order valence-corrected chi connectivity index (χ2v) is 4.71. The van der Waals surface area contributed by atoms with Crippen LogP contribution in [0.1, 0.15) is 5.56 Å². The maximum absolute atomic E-state index is 13.5. The Morgan fingerprint density at radius 1 is 1.25 bits per heavy atom. The van der Waals surface area contributed by atoms with Gasteiger partial charge in [0.25, 0.3) is 5.91 Å². The highest BCUT2D eigenvalue weighted by Crippen LogP contribution is 2.17. The third-order valence-corrected chi connectivity index (χ3v) is 2.83. The molecule has 2 aromatic carbocycles. The minimum atomic E-state index is -0.468. The van der Waals surface area contributed by atoms with Crippen LogP contribution in [0.3, 0.4) is 0 Å². The van der Waals surface area contributed by atoms with Crippen LogP contribution in [0, 0.1) is 12.7 Å². The minimum Gasteiger partial charge on any atom is -0.484 e. The molecule has 0 radical (unpaired) electrons. The number of anilines is 1. The van der Waals surface area contributed by atoms with Gasteiger partial charge < -0.3 is 10.1 Å². The predicted molar refractivity (Wildman–Crippen MR) is 76.7 cm³/mol. The summed E-state index contributed by atoms with van der Waals surface area (Å²) in [4.78, 5) is 11.7. The smallest absolute Gasteiger partial charge is 0.262 e. The lowest BCUT2D eigenvalue weighted by atomic mass is 10.2. The summed E-state index contributed by atoms with van der Waals surface area (Å²) in [5, 5.41) is 3.04. The van der Waals surface area contributed by atoms with Gasteiger partial charge in [-0.15, -0.1) is 0 Å². The van der Waals surface area contributed by atoms with Gasteiger partial charge in [-0.05, 0) is 48.9 Å². The molecule has 0 heterocycles. The van der Waals surface area contributed by atoms with Gasteiger partial charge in [0.05, 0.1) is 5.69 Å². The van der Waals surface area contributed by atoms with E-state index in [4.69, 9.17) is 16.3 Å². The van der Waals surface area contributed by atoms with Gasteiger partial charge in [0, 0.05) is 5.02 Å². The van der Waals surface area contributed by atoms with Crippen LogP contribution in [0.2, 0.25) is 5.02 Å². The molecule has 0 atom stereocenters. The van der Waals surface area contributed by atoms with Crippen molar-refractivity contribution in [2.24, 2.45) is 0 Å². The Labute approximate surface area is 121 Å². The van der Waals surface area contributed by atoms with Crippen molar-refractivity contribution in [3.05, 3.63) is 58.9 Å². The number of hydrogen-bond donors (Lipinski definition) is 1. The summed E-state index contributed by atoms with van der Waals surface area (Å²) in [7, 11) is 0. The third-order valence-electron chi connectivity index (χ3n) is 2.58. The largest absolute Gasteiger partial charge is 0.484 e. The van der Waals surface area contributed by atoms with Gasteiger partial charge in [0.15, 0.2) is 6.61 Å². The van der Waals surface area contributed by atoms with Crippen molar-refractivity contribution in [1.29, 1.82) is 0 Å². The van der Waals surface area contributed by atoms with Crippen LogP contribution in [-0.4, -0.2) is 12.5 Å². The van der Waals surface area contributed by atoms with Crippen LogP contribution in [-0.2, 0) is 4.79 Å². The predicted octanol–water partition coefficient (Wildman–Crippen LogP) is 3.81. The van der Waals surface area contributed by atoms with Gasteiger partial charge in [0.1, 0.15) is 11.6 Å². The van der Waals surface area contributed by atoms with E-state index in [0.29, 0.717) is 10.8 Å². The molecule has 2 rings (SSSR count). The number of carbonyl (C=O) groups is 1. The number of amides is 1. The number of benzene rings is 2. The van der Waals surface area contributed by atoms with E-state index in [2.05, 4.69) is 5.32 Å². The molecule has 1 amide bonds. The summed E-state index contributed by atoms with van der Waals surface area (Å²) in [6.45, 7) is 1.58. The van der Waals surface area contributed by atoms with Crippen LogP contribution >= 0.6 is 11.6 Å². The molecule has 20 heavy (non-hydrogen) atoms. The summed E-state index contributed by atoms with van der Waals surface area (Å²) < 4.78 is 18.8. The highest BCUT2D eigenvalue weighted by molar-refractivity contribution is 6.30. The molecule has 0 aliphatic carbocycles. The lowest BCUT2D eigenvalue weighted by molar-refractivity contribution is -0.118. The van der Waals surface area contributed by atoms with Crippen LogP contribution in [0.15, 0.2) is 42.5 Å². The van der Waals surface area contributed by atoms with E-state index in [1.54, 1.807) is 37.3 Å². The van der Waals surface area contributed by atoms with Gasteiger partial charge in [-0.25, -0.2) is 4.39 Å². The molecule has 5 heteroatoms. The molecule has 0 saturated carbocycles. The lowest BCUT2D eigenvalue weighted by Gasteiger charge is -2.08. The van der Waals surface area contributed by atoms with E-state index in [1.165, 1.54) is 12.1 Å². The Morgan fingerprint density at radius 3 is 2.60 bits per heavy atom. The zero-order valence-electron chi connectivity index (χ0n) is 10.8. The molecule has 2 aromatic rings. The van der Waals surface area contributed by atoms with Gasteiger partial charge >= 0.3 is 0 Å². The van der Waals surface area contributed by atoms with Crippen molar-refractivity contribution < 1.29 is 13.9 Å². The fourth-order valence-corrected chi connectivity index (χ4v) is 1.71.